The van der Waals surface area contributed by atoms with E-state index >= 15 is 0 Å². The van der Waals surface area contributed by atoms with Crippen LogP contribution >= 0.6 is 11.8 Å². The zero-order chi connectivity index (χ0) is 18.0. The van der Waals surface area contributed by atoms with E-state index in [0.717, 1.165) is 16.2 Å². The van der Waals surface area contributed by atoms with Crippen molar-refractivity contribution in [3.63, 3.8) is 0 Å². The Balaban J connectivity index is 1.69. The zero-order valence-electron chi connectivity index (χ0n) is 13.7. The number of amides is 1. The Kier molecular flexibility index (Phi) is 4.71. The number of nitrogens with zero attached hydrogens (tertiary/aromatic N) is 3. The number of hydrogen-bond acceptors (Lipinski definition) is 5. The number of imidazole rings is 1. The van der Waals surface area contributed by atoms with E-state index in [1.165, 1.54) is 36.0 Å². The smallest absolute Gasteiger partial charge is 0.269 e. The van der Waals surface area contributed by atoms with E-state index in [9.17, 15) is 14.9 Å². The molecule has 0 aliphatic heterocycles. The number of benzene rings is 2. The van der Waals surface area contributed by atoms with Gasteiger partial charge in [0, 0.05) is 24.9 Å². The summed E-state index contributed by atoms with van der Waals surface area (Å²) in [7, 11) is 1.92. The number of hydrogen-bond donors (Lipinski definition) is 1. The van der Waals surface area contributed by atoms with Crippen LogP contribution in [0.15, 0.2) is 53.7 Å². The molecule has 0 saturated heterocycles. The number of anilines is 1. The molecule has 1 atom stereocenters. The number of nitro groups is 1. The number of carbonyl (C=O) groups is 1. The number of non-ortho nitro benzene ring substituents is 1. The van der Waals surface area contributed by atoms with Crippen LogP contribution in [0.2, 0.25) is 0 Å². The number of nitro benzene ring substituents is 1. The first-order valence-electron chi connectivity index (χ1n) is 7.59. The summed E-state index contributed by atoms with van der Waals surface area (Å²) < 4.78 is 1.95. The maximum atomic E-state index is 12.4. The summed E-state index contributed by atoms with van der Waals surface area (Å²) in [6, 6.07) is 13.5. The molecule has 1 N–H and O–H groups in total. The molecular formula is C17H16N4O3S. The molecule has 25 heavy (non-hydrogen) atoms. The van der Waals surface area contributed by atoms with Crippen molar-refractivity contribution in [3.8, 4) is 0 Å². The van der Waals surface area contributed by atoms with Gasteiger partial charge < -0.3 is 9.88 Å². The van der Waals surface area contributed by atoms with Crippen LogP contribution in [0.1, 0.15) is 6.92 Å². The third-order valence-corrected chi connectivity index (χ3v) is 4.89. The number of carbonyl (C=O) groups excluding carboxylic acids is 1. The predicted octanol–water partition coefficient (Wildman–Crippen LogP) is 3.60. The molecule has 1 aromatic heterocycles. The fraction of sp³-hybridized carbons (Fsp3) is 0.176. The Labute approximate surface area is 148 Å². The number of aryl methyl sites for hydroxylation is 1. The molecular weight excluding hydrogens is 340 g/mol. The highest BCUT2D eigenvalue weighted by molar-refractivity contribution is 8.00. The number of fused-ring (bicyclic) bond motifs is 1. The van der Waals surface area contributed by atoms with E-state index in [1.54, 1.807) is 6.92 Å². The van der Waals surface area contributed by atoms with Crippen molar-refractivity contribution in [1.82, 2.24) is 9.55 Å². The van der Waals surface area contributed by atoms with Gasteiger partial charge in [-0.1, -0.05) is 23.9 Å². The molecule has 128 valence electrons. The van der Waals surface area contributed by atoms with Gasteiger partial charge in [0.2, 0.25) is 5.91 Å². The van der Waals surface area contributed by atoms with E-state index in [2.05, 4.69) is 10.3 Å². The molecule has 2 aromatic carbocycles. The zero-order valence-corrected chi connectivity index (χ0v) is 14.5. The molecule has 0 saturated carbocycles. The summed E-state index contributed by atoms with van der Waals surface area (Å²) in [4.78, 5) is 27.1. The van der Waals surface area contributed by atoms with Crippen molar-refractivity contribution in [3.05, 3.63) is 58.6 Å². The van der Waals surface area contributed by atoms with E-state index in [1.807, 2.05) is 35.9 Å². The van der Waals surface area contributed by atoms with Crippen LogP contribution in [0.25, 0.3) is 11.0 Å². The molecule has 0 aliphatic carbocycles. The molecule has 0 radical (unpaired) electrons. The summed E-state index contributed by atoms with van der Waals surface area (Å²) >= 11 is 1.36. The summed E-state index contributed by atoms with van der Waals surface area (Å²) in [6.45, 7) is 1.80. The number of thioether (sulfide) groups is 1. The molecule has 1 heterocycles. The molecule has 7 nitrogen and oxygen atoms in total. The lowest BCUT2D eigenvalue weighted by Crippen LogP contribution is -2.22. The largest absolute Gasteiger partial charge is 0.325 e. The van der Waals surface area contributed by atoms with Crippen molar-refractivity contribution < 1.29 is 9.72 Å². The highest BCUT2D eigenvalue weighted by Crippen LogP contribution is 2.27. The molecule has 3 aromatic rings. The number of rotatable bonds is 5. The van der Waals surface area contributed by atoms with Crippen molar-refractivity contribution in [1.29, 1.82) is 0 Å². The molecule has 8 heteroatoms. The van der Waals surface area contributed by atoms with Gasteiger partial charge in [0.25, 0.3) is 5.69 Å². The first-order valence-corrected chi connectivity index (χ1v) is 8.47. The van der Waals surface area contributed by atoms with E-state index in [4.69, 9.17) is 0 Å². The lowest BCUT2D eigenvalue weighted by Gasteiger charge is -2.11. The average molecular weight is 356 g/mol. The molecule has 1 unspecified atom stereocenters. The fourth-order valence-electron chi connectivity index (χ4n) is 2.35. The highest BCUT2D eigenvalue weighted by atomic mass is 32.2. The monoisotopic (exact) mass is 356 g/mol. The number of para-hydroxylation sites is 2. The van der Waals surface area contributed by atoms with Crippen LogP contribution in [0.4, 0.5) is 11.4 Å². The standard InChI is InChI=1S/C17H16N4O3S/c1-11(16(22)18-12-7-9-13(10-8-12)21(23)24)25-17-19-14-5-3-4-6-15(14)20(17)2/h3-11H,1-2H3,(H,18,22). The van der Waals surface area contributed by atoms with Gasteiger partial charge in [-0.2, -0.15) is 0 Å². The van der Waals surface area contributed by atoms with Crippen LogP contribution in [0.5, 0.6) is 0 Å². The summed E-state index contributed by atoms with van der Waals surface area (Å²) in [5.74, 6) is -0.189. The van der Waals surface area contributed by atoms with Crippen molar-refractivity contribution in [2.45, 2.75) is 17.3 Å². The van der Waals surface area contributed by atoms with Gasteiger partial charge in [-0.3, -0.25) is 14.9 Å². The van der Waals surface area contributed by atoms with Gasteiger partial charge in [0.1, 0.15) is 0 Å². The molecule has 0 spiro atoms. The van der Waals surface area contributed by atoms with Gasteiger partial charge in [-0.05, 0) is 31.2 Å². The van der Waals surface area contributed by atoms with Crippen LogP contribution < -0.4 is 5.32 Å². The Morgan fingerprint density at radius 3 is 2.56 bits per heavy atom. The number of nitrogens with one attached hydrogen (secondary N) is 1. The molecule has 3 rings (SSSR count). The van der Waals surface area contributed by atoms with Gasteiger partial charge in [-0.25, -0.2) is 4.98 Å². The predicted molar refractivity (Wildman–Crippen MR) is 97.8 cm³/mol. The van der Waals surface area contributed by atoms with E-state index < -0.39 is 4.92 Å². The quantitative estimate of drug-likeness (QED) is 0.428. The van der Waals surface area contributed by atoms with Crippen LogP contribution in [0.3, 0.4) is 0 Å². The fourth-order valence-corrected chi connectivity index (χ4v) is 3.24. The van der Waals surface area contributed by atoms with Gasteiger partial charge in [0.05, 0.1) is 21.2 Å². The second kappa shape index (κ2) is 6.94. The minimum Gasteiger partial charge on any atom is -0.325 e. The summed E-state index contributed by atoms with van der Waals surface area (Å²) in [5.41, 5.74) is 2.40. The third-order valence-electron chi connectivity index (χ3n) is 3.74. The Bertz CT molecular complexity index is 937. The van der Waals surface area contributed by atoms with Gasteiger partial charge >= 0.3 is 0 Å². The average Bonchev–Trinajstić information content (AvgIpc) is 2.91. The summed E-state index contributed by atoms with van der Waals surface area (Å²) in [5, 5.41) is 13.8. The maximum absolute atomic E-state index is 12.4. The Morgan fingerprint density at radius 2 is 1.92 bits per heavy atom. The van der Waals surface area contributed by atoms with Crippen molar-refractivity contribution >= 4 is 40.1 Å². The van der Waals surface area contributed by atoms with Crippen LogP contribution in [0, 0.1) is 10.1 Å². The Hall–Kier alpha value is -2.87. The molecule has 0 bridgehead atoms. The van der Waals surface area contributed by atoms with Gasteiger partial charge in [0.15, 0.2) is 5.16 Å². The minimum absolute atomic E-state index is 0.0138. The third kappa shape index (κ3) is 3.63. The lowest BCUT2D eigenvalue weighted by atomic mass is 10.3. The summed E-state index contributed by atoms with van der Waals surface area (Å²) in [6.07, 6.45) is 0. The number of aromatic nitrogens is 2. The van der Waals surface area contributed by atoms with Crippen molar-refractivity contribution in [2.75, 3.05) is 5.32 Å². The first kappa shape index (κ1) is 17.0. The van der Waals surface area contributed by atoms with Crippen molar-refractivity contribution in [2.24, 2.45) is 7.05 Å². The Morgan fingerprint density at radius 1 is 1.24 bits per heavy atom. The lowest BCUT2D eigenvalue weighted by molar-refractivity contribution is -0.384. The molecule has 0 aliphatic rings. The molecule has 1 amide bonds. The topological polar surface area (TPSA) is 90.1 Å². The van der Waals surface area contributed by atoms with Gasteiger partial charge in [-0.15, -0.1) is 0 Å². The SMILES string of the molecule is CC(Sc1nc2ccccc2n1C)C(=O)Nc1ccc([N+](=O)[O-])cc1. The van der Waals surface area contributed by atoms with Crippen LogP contribution in [-0.4, -0.2) is 25.6 Å². The maximum Gasteiger partial charge on any atom is 0.269 e. The second-order valence-electron chi connectivity index (χ2n) is 5.50. The highest BCUT2D eigenvalue weighted by Gasteiger charge is 2.18. The van der Waals surface area contributed by atoms with Crippen LogP contribution in [-0.2, 0) is 11.8 Å². The normalized spacial score (nSPS) is 12.1. The van der Waals surface area contributed by atoms with E-state index in [0.29, 0.717) is 5.69 Å². The second-order valence-corrected chi connectivity index (χ2v) is 6.80. The minimum atomic E-state index is -0.476. The first-order chi connectivity index (χ1) is 12.0. The van der Waals surface area contributed by atoms with E-state index in [-0.39, 0.29) is 16.8 Å². The molecule has 0 fully saturated rings.